The zero-order chi connectivity index (χ0) is 14.8. The second-order valence-electron chi connectivity index (χ2n) is 5.12. The molecule has 0 bridgehead atoms. The Morgan fingerprint density at radius 3 is 2.95 bits per heavy atom. The van der Waals surface area contributed by atoms with E-state index in [4.69, 9.17) is 5.73 Å². The summed E-state index contributed by atoms with van der Waals surface area (Å²) in [4.78, 5) is 0. The van der Waals surface area contributed by atoms with Gasteiger partial charge in [0, 0.05) is 18.7 Å². The Labute approximate surface area is 119 Å². The lowest BCUT2D eigenvalue weighted by atomic mass is 10.0. The normalized spacial score (nSPS) is 20.9. The van der Waals surface area contributed by atoms with Crippen molar-refractivity contribution in [1.29, 1.82) is 0 Å². The van der Waals surface area contributed by atoms with Gasteiger partial charge in [0.2, 0.25) is 0 Å². The van der Waals surface area contributed by atoms with Gasteiger partial charge in [-0.3, -0.25) is 4.72 Å². The number of nitrogens with zero attached hydrogens (tertiary/aromatic N) is 1. The topological polar surface area (TPSA) is 75.4 Å². The Morgan fingerprint density at radius 2 is 2.25 bits per heavy atom. The number of halogens is 1. The lowest BCUT2D eigenvalue weighted by Gasteiger charge is -2.31. The molecule has 1 aromatic rings. The van der Waals surface area contributed by atoms with Crippen LogP contribution in [0, 0.1) is 18.7 Å². The number of nitrogens with two attached hydrogens (primary N) is 1. The molecule has 1 fully saturated rings. The molecule has 1 saturated heterocycles. The Balaban J connectivity index is 2.16. The first kappa shape index (κ1) is 15.2. The lowest BCUT2D eigenvalue weighted by molar-refractivity contribution is 0.273. The third kappa shape index (κ3) is 3.28. The summed E-state index contributed by atoms with van der Waals surface area (Å²) >= 11 is 0. The molecule has 1 aliphatic heterocycles. The first-order valence-electron chi connectivity index (χ1n) is 6.67. The summed E-state index contributed by atoms with van der Waals surface area (Å²) in [7, 11) is -3.66. The lowest BCUT2D eigenvalue weighted by Crippen LogP contribution is -2.44. The highest BCUT2D eigenvalue weighted by Gasteiger charge is 2.28. The van der Waals surface area contributed by atoms with Crippen LogP contribution in [0.5, 0.6) is 0 Å². The van der Waals surface area contributed by atoms with E-state index < -0.39 is 16.0 Å². The van der Waals surface area contributed by atoms with Crippen molar-refractivity contribution in [3.05, 3.63) is 29.6 Å². The summed E-state index contributed by atoms with van der Waals surface area (Å²) in [6.45, 7) is 2.91. The van der Waals surface area contributed by atoms with Gasteiger partial charge in [-0.25, -0.2) is 4.39 Å². The van der Waals surface area contributed by atoms with Crippen molar-refractivity contribution in [2.75, 3.05) is 24.4 Å². The first-order chi connectivity index (χ1) is 9.44. The Hall–Kier alpha value is -1.18. The summed E-state index contributed by atoms with van der Waals surface area (Å²) in [5.74, 6) is -0.238. The van der Waals surface area contributed by atoms with Crippen LogP contribution in [-0.4, -0.2) is 32.4 Å². The maximum Gasteiger partial charge on any atom is 0.301 e. The van der Waals surface area contributed by atoms with Crippen molar-refractivity contribution in [2.45, 2.75) is 19.8 Å². The summed E-state index contributed by atoms with van der Waals surface area (Å²) in [5.41, 5.74) is 6.19. The molecule has 0 aliphatic carbocycles. The molecular formula is C13H20FN3O2S. The summed E-state index contributed by atoms with van der Waals surface area (Å²) < 4.78 is 42.0. The van der Waals surface area contributed by atoms with Gasteiger partial charge in [-0.1, -0.05) is 6.07 Å². The summed E-state index contributed by atoms with van der Waals surface area (Å²) in [5, 5.41) is 0. The molecule has 0 spiro atoms. The quantitative estimate of drug-likeness (QED) is 0.884. The van der Waals surface area contributed by atoms with Gasteiger partial charge in [0.15, 0.2) is 0 Å². The molecule has 1 aromatic carbocycles. The predicted molar refractivity (Wildman–Crippen MR) is 77.0 cm³/mol. The van der Waals surface area contributed by atoms with Crippen molar-refractivity contribution in [3.8, 4) is 0 Å². The zero-order valence-electron chi connectivity index (χ0n) is 11.5. The van der Waals surface area contributed by atoms with Crippen LogP contribution in [0.1, 0.15) is 18.4 Å². The fraction of sp³-hybridized carbons (Fsp3) is 0.538. The average molecular weight is 301 g/mol. The van der Waals surface area contributed by atoms with Gasteiger partial charge < -0.3 is 5.73 Å². The fourth-order valence-electron chi connectivity index (χ4n) is 2.36. The van der Waals surface area contributed by atoms with Crippen LogP contribution in [0.3, 0.4) is 0 Å². The summed E-state index contributed by atoms with van der Waals surface area (Å²) in [6, 6.07) is 4.35. The van der Waals surface area contributed by atoms with E-state index in [9.17, 15) is 12.8 Å². The van der Waals surface area contributed by atoms with Crippen LogP contribution in [0.25, 0.3) is 0 Å². The van der Waals surface area contributed by atoms with Crippen molar-refractivity contribution in [1.82, 2.24) is 4.31 Å². The van der Waals surface area contributed by atoms with Gasteiger partial charge in [0.1, 0.15) is 5.82 Å². The van der Waals surface area contributed by atoms with Crippen LogP contribution in [0.2, 0.25) is 0 Å². The van der Waals surface area contributed by atoms with Crippen molar-refractivity contribution in [2.24, 2.45) is 11.7 Å². The molecule has 0 radical (unpaired) electrons. The van der Waals surface area contributed by atoms with E-state index in [2.05, 4.69) is 4.72 Å². The molecule has 7 heteroatoms. The molecule has 112 valence electrons. The molecule has 1 atom stereocenters. The number of anilines is 1. The van der Waals surface area contributed by atoms with Gasteiger partial charge >= 0.3 is 10.2 Å². The highest BCUT2D eigenvalue weighted by Crippen LogP contribution is 2.23. The Morgan fingerprint density at radius 1 is 1.50 bits per heavy atom. The molecular weight excluding hydrogens is 281 g/mol. The number of benzene rings is 1. The van der Waals surface area contributed by atoms with Gasteiger partial charge in [-0.15, -0.1) is 0 Å². The average Bonchev–Trinajstić information content (AvgIpc) is 2.44. The second kappa shape index (κ2) is 6.07. The molecule has 5 nitrogen and oxygen atoms in total. The molecule has 1 aliphatic rings. The minimum absolute atomic E-state index is 0.189. The molecule has 20 heavy (non-hydrogen) atoms. The SMILES string of the molecule is Cc1c(F)cccc1NS(=O)(=O)N1CCCC(CN)C1. The van der Waals surface area contributed by atoms with E-state index in [0.717, 1.165) is 12.8 Å². The van der Waals surface area contributed by atoms with Crippen molar-refractivity contribution >= 4 is 15.9 Å². The monoisotopic (exact) mass is 301 g/mol. The van der Waals surface area contributed by atoms with E-state index in [1.54, 1.807) is 13.0 Å². The maximum absolute atomic E-state index is 13.4. The minimum atomic E-state index is -3.66. The van der Waals surface area contributed by atoms with Gasteiger partial charge in [0.05, 0.1) is 5.69 Å². The maximum atomic E-state index is 13.4. The Kier molecular flexibility index (Phi) is 4.62. The second-order valence-corrected chi connectivity index (χ2v) is 6.79. The molecule has 0 aromatic heterocycles. The largest absolute Gasteiger partial charge is 0.330 e. The highest BCUT2D eigenvalue weighted by molar-refractivity contribution is 7.90. The van der Waals surface area contributed by atoms with E-state index in [1.807, 2.05) is 0 Å². The van der Waals surface area contributed by atoms with Crippen LogP contribution >= 0.6 is 0 Å². The molecule has 1 unspecified atom stereocenters. The van der Waals surface area contributed by atoms with E-state index in [-0.39, 0.29) is 11.6 Å². The number of hydrogen-bond donors (Lipinski definition) is 2. The van der Waals surface area contributed by atoms with Crippen LogP contribution in [0.4, 0.5) is 10.1 Å². The van der Waals surface area contributed by atoms with E-state index >= 15 is 0 Å². The first-order valence-corrected chi connectivity index (χ1v) is 8.11. The third-order valence-electron chi connectivity index (χ3n) is 3.66. The van der Waals surface area contributed by atoms with Crippen LogP contribution < -0.4 is 10.5 Å². The van der Waals surface area contributed by atoms with Gasteiger partial charge in [-0.05, 0) is 44.4 Å². The fourth-order valence-corrected chi connectivity index (χ4v) is 3.76. The zero-order valence-corrected chi connectivity index (χ0v) is 12.3. The smallest absolute Gasteiger partial charge is 0.301 e. The molecule has 0 amide bonds. The molecule has 3 N–H and O–H groups in total. The van der Waals surface area contributed by atoms with E-state index in [0.29, 0.717) is 25.2 Å². The number of piperidine rings is 1. The Bertz CT molecular complexity index is 577. The number of hydrogen-bond acceptors (Lipinski definition) is 3. The number of nitrogens with one attached hydrogen (secondary N) is 1. The standard InChI is InChI=1S/C13H20FN3O2S/c1-10-12(14)5-2-6-13(10)16-20(18,19)17-7-3-4-11(8-15)9-17/h2,5-6,11,16H,3-4,7-9,15H2,1H3. The molecule has 2 rings (SSSR count). The van der Waals surface area contributed by atoms with Gasteiger partial charge in [-0.2, -0.15) is 12.7 Å². The minimum Gasteiger partial charge on any atom is -0.330 e. The molecule has 1 heterocycles. The van der Waals surface area contributed by atoms with Crippen molar-refractivity contribution in [3.63, 3.8) is 0 Å². The van der Waals surface area contributed by atoms with Crippen molar-refractivity contribution < 1.29 is 12.8 Å². The van der Waals surface area contributed by atoms with Crippen LogP contribution in [-0.2, 0) is 10.2 Å². The van der Waals surface area contributed by atoms with Gasteiger partial charge in [0.25, 0.3) is 0 Å². The third-order valence-corrected chi connectivity index (χ3v) is 5.15. The predicted octanol–water partition coefficient (Wildman–Crippen LogP) is 1.46. The highest BCUT2D eigenvalue weighted by atomic mass is 32.2. The summed E-state index contributed by atoms with van der Waals surface area (Å²) in [6.07, 6.45) is 1.74. The van der Waals surface area contributed by atoms with E-state index in [1.165, 1.54) is 16.4 Å². The van der Waals surface area contributed by atoms with Crippen LogP contribution in [0.15, 0.2) is 18.2 Å². The number of rotatable bonds is 4. The molecule has 0 saturated carbocycles.